The number of nitrogens with two attached hydrogens (primary N) is 1. The number of fused-ring (bicyclic) bond motifs is 2. The number of benzene rings is 2. The number of hydrogen-bond donors (Lipinski definition) is 1. The van der Waals surface area contributed by atoms with E-state index in [2.05, 4.69) is 60.7 Å². The van der Waals surface area contributed by atoms with Crippen molar-refractivity contribution in [3.05, 3.63) is 70.9 Å². The van der Waals surface area contributed by atoms with Crippen molar-refractivity contribution in [3.63, 3.8) is 0 Å². The first-order valence-electron chi connectivity index (χ1n) is 11.9. The van der Waals surface area contributed by atoms with Crippen LogP contribution in [0.25, 0.3) is 10.9 Å². The number of aromatic nitrogens is 1. The molecule has 172 valence electrons. The molecule has 2 amide bonds. The minimum Gasteiger partial charge on any atom is -0.366 e. The molecule has 0 aliphatic carbocycles. The zero-order chi connectivity index (χ0) is 23.3. The molecular weight excluding hydrogens is 412 g/mol. The zero-order valence-electron chi connectivity index (χ0n) is 19.6. The van der Waals surface area contributed by atoms with Crippen LogP contribution in [0.1, 0.15) is 77.5 Å². The molecule has 1 unspecified atom stereocenters. The van der Waals surface area contributed by atoms with E-state index in [1.807, 2.05) is 17.0 Å². The first-order valence-corrected chi connectivity index (χ1v) is 11.9. The van der Waals surface area contributed by atoms with Crippen LogP contribution in [0.4, 0.5) is 0 Å². The monoisotopic (exact) mass is 444 g/mol. The van der Waals surface area contributed by atoms with Gasteiger partial charge >= 0.3 is 0 Å². The van der Waals surface area contributed by atoms with E-state index in [4.69, 9.17) is 5.73 Å². The number of carbonyl (C=O) groups is 2. The van der Waals surface area contributed by atoms with Gasteiger partial charge in [-0.15, -0.1) is 0 Å². The lowest BCUT2D eigenvalue weighted by atomic mass is 9.99. The topological polar surface area (TPSA) is 71.6 Å². The van der Waals surface area contributed by atoms with Gasteiger partial charge in [0.2, 0.25) is 5.91 Å². The summed E-state index contributed by atoms with van der Waals surface area (Å²) < 4.78 is 2.36. The van der Waals surface area contributed by atoms with Gasteiger partial charge < -0.3 is 15.2 Å². The van der Waals surface area contributed by atoms with Crippen molar-refractivity contribution >= 4 is 22.7 Å². The first-order chi connectivity index (χ1) is 15.9. The van der Waals surface area contributed by atoms with Crippen LogP contribution >= 0.6 is 0 Å². The SMILES string of the molecule is CC1c2cccc(C(N)=O)c2C(=O)N1C1CCN(Cc2cn(C(C)C)c3ccccc23)CC1. The third-order valence-corrected chi connectivity index (χ3v) is 7.40. The van der Waals surface area contributed by atoms with Gasteiger partial charge in [-0.3, -0.25) is 14.5 Å². The van der Waals surface area contributed by atoms with Gasteiger partial charge in [0, 0.05) is 48.8 Å². The van der Waals surface area contributed by atoms with E-state index in [1.54, 1.807) is 6.07 Å². The molecule has 2 N–H and O–H groups in total. The quantitative estimate of drug-likeness (QED) is 0.630. The summed E-state index contributed by atoms with van der Waals surface area (Å²) in [4.78, 5) is 29.7. The summed E-state index contributed by atoms with van der Waals surface area (Å²) in [6, 6.07) is 14.6. The van der Waals surface area contributed by atoms with Gasteiger partial charge in [-0.1, -0.05) is 30.3 Å². The van der Waals surface area contributed by atoms with Crippen molar-refractivity contribution in [1.29, 1.82) is 0 Å². The van der Waals surface area contributed by atoms with E-state index in [1.165, 1.54) is 16.5 Å². The van der Waals surface area contributed by atoms with E-state index >= 15 is 0 Å². The van der Waals surface area contributed by atoms with E-state index in [9.17, 15) is 9.59 Å². The molecule has 1 aromatic heterocycles. The number of likely N-dealkylation sites (tertiary alicyclic amines) is 1. The Kier molecular flexibility index (Phi) is 5.49. The van der Waals surface area contributed by atoms with Gasteiger partial charge in [0.25, 0.3) is 5.91 Å². The van der Waals surface area contributed by atoms with Crippen molar-refractivity contribution in [2.45, 2.75) is 58.3 Å². The number of nitrogens with zero attached hydrogens (tertiary/aromatic N) is 3. The highest BCUT2D eigenvalue weighted by molar-refractivity contribution is 6.09. The maximum atomic E-state index is 13.3. The second kappa shape index (κ2) is 8.34. The van der Waals surface area contributed by atoms with Crippen LogP contribution in [0.2, 0.25) is 0 Å². The molecule has 0 radical (unpaired) electrons. The third-order valence-electron chi connectivity index (χ3n) is 7.40. The van der Waals surface area contributed by atoms with E-state index in [0.29, 0.717) is 17.2 Å². The summed E-state index contributed by atoms with van der Waals surface area (Å²) in [6.07, 6.45) is 4.16. The molecule has 5 rings (SSSR count). The predicted octanol–water partition coefficient (Wildman–Crippen LogP) is 4.50. The Morgan fingerprint density at radius 1 is 1.09 bits per heavy atom. The number of rotatable bonds is 5. The normalized spacial score (nSPS) is 19.6. The third kappa shape index (κ3) is 3.62. The van der Waals surface area contributed by atoms with Crippen LogP contribution in [-0.4, -0.2) is 45.3 Å². The van der Waals surface area contributed by atoms with Crippen molar-refractivity contribution in [2.75, 3.05) is 13.1 Å². The molecule has 0 saturated carbocycles. The number of piperidine rings is 1. The standard InChI is InChI=1S/C27H32N4O2/c1-17(2)30-16-19(22-7-4-5-10-24(22)30)15-29-13-11-20(12-14-29)31-18(3)21-8-6-9-23(26(28)32)25(21)27(31)33/h4-10,16-18,20H,11-15H2,1-3H3,(H2,28,32). The molecule has 1 saturated heterocycles. The molecule has 2 aliphatic heterocycles. The summed E-state index contributed by atoms with van der Waals surface area (Å²) in [5.74, 6) is -0.588. The Morgan fingerprint density at radius 2 is 1.82 bits per heavy atom. The van der Waals surface area contributed by atoms with E-state index in [0.717, 1.165) is 38.0 Å². The van der Waals surface area contributed by atoms with Crippen LogP contribution < -0.4 is 5.73 Å². The summed E-state index contributed by atoms with van der Waals surface area (Å²) in [5.41, 5.74) is 9.96. The highest BCUT2D eigenvalue weighted by atomic mass is 16.2. The average molecular weight is 445 g/mol. The number of para-hydroxylation sites is 1. The molecule has 33 heavy (non-hydrogen) atoms. The Bertz CT molecular complexity index is 1220. The molecule has 0 bridgehead atoms. The average Bonchev–Trinajstić information content (AvgIpc) is 3.30. The molecule has 1 atom stereocenters. The lowest BCUT2D eigenvalue weighted by Gasteiger charge is -2.38. The van der Waals surface area contributed by atoms with Crippen LogP contribution in [0.3, 0.4) is 0 Å². The Labute approximate surface area is 195 Å². The smallest absolute Gasteiger partial charge is 0.255 e. The van der Waals surface area contributed by atoms with Crippen LogP contribution in [-0.2, 0) is 6.54 Å². The van der Waals surface area contributed by atoms with Crippen molar-refractivity contribution in [3.8, 4) is 0 Å². The Morgan fingerprint density at radius 3 is 2.52 bits per heavy atom. The summed E-state index contributed by atoms with van der Waals surface area (Å²) in [5, 5.41) is 1.33. The zero-order valence-corrected chi connectivity index (χ0v) is 19.6. The number of carbonyl (C=O) groups excluding carboxylic acids is 2. The van der Waals surface area contributed by atoms with Crippen molar-refractivity contribution in [2.24, 2.45) is 5.73 Å². The lowest BCUT2D eigenvalue weighted by molar-refractivity contribution is 0.0511. The van der Waals surface area contributed by atoms with Gasteiger partial charge in [0.05, 0.1) is 17.2 Å². The van der Waals surface area contributed by atoms with Crippen LogP contribution in [0.5, 0.6) is 0 Å². The second-order valence-corrected chi connectivity index (χ2v) is 9.70. The highest BCUT2D eigenvalue weighted by Crippen LogP contribution is 2.39. The van der Waals surface area contributed by atoms with Gasteiger partial charge in [-0.2, -0.15) is 0 Å². The highest BCUT2D eigenvalue weighted by Gasteiger charge is 2.41. The molecule has 2 aliphatic rings. The summed E-state index contributed by atoms with van der Waals surface area (Å²) in [6.45, 7) is 9.31. The number of amides is 2. The fourth-order valence-corrected chi connectivity index (χ4v) is 5.73. The van der Waals surface area contributed by atoms with Gasteiger partial charge in [0.15, 0.2) is 0 Å². The van der Waals surface area contributed by atoms with Gasteiger partial charge in [-0.05, 0) is 56.9 Å². The molecule has 0 spiro atoms. The van der Waals surface area contributed by atoms with E-state index in [-0.39, 0.29) is 18.0 Å². The maximum Gasteiger partial charge on any atom is 0.255 e. The molecular formula is C27H32N4O2. The van der Waals surface area contributed by atoms with Crippen LogP contribution in [0.15, 0.2) is 48.7 Å². The summed E-state index contributed by atoms with van der Waals surface area (Å²) in [7, 11) is 0. The molecule has 3 heterocycles. The van der Waals surface area contributed by atoms with Crippen LogP contribution in [0, 0.1) is 0 Å². The van der Waals surface area contributed by atoms with E-state index < -0.39 is 5.91 Å². The first kappa shape index (κ1) is 21.7. The van der Waals surface area contributed by atoms with Gasteiger partial charge in [-0.25, -0.2) is 0 Å². The van der Waals surface area contributed by atoms with Gasteiger partial charge in [0.1, 0.15) is 0 Å². The predicted molar refractivity (Wildman–Crippen MR) is 130 cm³/mol. The van der Waals surface area contributed by atoms with Crippen molar-refractivity contribution < 1.29 is 9.59 Å². The second-order valence-electron chi connectivity index (χ2n) is 9.70. The largest absolute Gasteiger partial charge is 0.366 e. The molecule has 3 aromatic rings. The molecule has 6 nitrogen and oxygen atoms in total. The van der Waals surface area contributed by atoms with Crippen molar-refractivity contribution in [1.82, 2.24) is 14.4 Å². The molecule has 2 aromatic carbocycles. The lowest BCUT2D eigenvalue weighted by Crippen LogP contribution is -2.45. The number of primary amides is 1. The fraction of sp³-hybridized carbons (Fsp3) is 0.407. The maximum absolute atomic E-state index is 13.3. The minimum absolute atomic E-state index is 0.0348. The fourth-order valence-electron chi connectivity index (χ4n) is 5.73. The Hall–Kier alpha value is -3.12. The number of hydrogen-bond acceptors (Lipinski definition) is 3. The molecule has 6 heteroatoms. The Balaban J connectivity index is 1.31. The molecule has 1 fully saturated rings. The summed E-state index contributed by atoms with van der Waals surface area (Å²) >= 11 is 0. The minimum atomic E-state index is -0.537.